The molecule has 0 spiro atoms. The SMILES string of the molecule is COCc1ccccc1C(=O)NCc1ccccc1OCc1ccccc1. The largest absolute Gasteiger partial charge is 0.489 e. The molecule has 0 fully saturated rings. The molecule has 0 saturated carbocycles. The molecule has 0 aliphatic rings. The van der Waals surface area contributed by atoms with Crippen LogP contribution in [0.2, 0.25) is 0 Å². The quantitative estimate of drug-likeness (QED) is 0.649. The third-order valence-electron chi connectivity index (χ3n) is 4.21. The van der Waals surface area contributed by atoms with Crippen LogP contribution in [-0.4, -0.2) is 13.0 Å². The maximum absolute atomic E-state index is 12.6. The van der Waals surface area contributed by atoms with Gasteiger partial charge in [-0.2, -0.15) is 0 Å². The molecule has 27 heavy (non-hydrogen) atoms. The van der Waals surface area contributed by atoms with Gasteiger partial charge in [-0.05, 0) is 23.3 Å². The van der Waals surface area contributed by atoms with E-state index in [1.807, 2.05) is 78.9 Å². The van der Waals surface area contributed by atoms with E-state index >= 15 is 0 Å². The molecular weight excluding hydrogens is 338 g/mol. The first-order chi connectivity index (χ1) is 13.3. The Hall–Kier alpha value is -3.11. The van der Waals surface area contributed by atoms with Gasteiger partial charge in [0.15, 0.2) is 0 Å². The van der Waals surface area contributed by atoms with E-state index in [9.17, 15) is 4.79 Å². The Morgan fingerprint density at radius 3 is 2.26 bits per heavy atom. The van der Waals surface area contributed by atoms with E-state index in [-0.39, 0.29) is 5.91 Å². The van der Waals surface area contributed by atoms with Crippen molar-refractivity contribution in [1.82, 2.24) is 5.32 Å². The average Bonchev–Trinajstić information content (AvgIpc) is 2.72. The highest BCUT2D eigenvalue weighted by molar-refractivity contribution is 5.95. The maximum Gasteiger partial charge on any atom is 0.251 e. The number of amides is 1. The fourth-order valence-corrected chi connectivity index (χ4v) is 2.82. The molecule has 0 unspecified atom stereocenters. The minimum atomic E-state index is -0.125. The Bertz CT molecular complexity index is 878. The molecule has 3 aromatic carbocycles. The Balaban J connectivity index is 1.65. The minimum absolute atomic E-state index is 0.125. The molecule has 4 nitrogen and oxygen atoms in total. The summed E-state index contributed by atoms with van der Waals surface area (Å²) in [5, 5.41) is 2.98. The number of benzene rings is 3. The highest BCUT2D eigenvalue weighted by Gasteiger charge is 2.11. The molecule has 1 N–H and O–H groups in total. The zero-order valence-electron chi connectivity index (χ0n) is 15.4. The zero-order chi connectivity index (χ0) is 18.9. The fraction of sp³-hybridized carbons (Fsp3) is 0.174. The van der Waals surface area contributed by atoms with Crippen LogP contribution in [0.25, 0.3) is 0 Å². The average molecular weight is 361 g/mol. The van der Waals surface area contributed by atoms with Crippen LogP contribution in [0, 0.1) is 0 Å². The number of hydrogen-bond donors (Lipinski definition) is 1. The number of hydrogen-bond acceptors (Lipinski definition) is 3. The van der Waals surface area contributed by atoms with E-state index in [0.29, 0.717) is 25.3 Å². The number of ether oxygens (including phenoxy) is 2. The van der Waals surface area contributed by atoms with Gasteiger partial charge in [0, 0.05) is 24.8 Å². The monoisotopic (exact) mass is 361 g/mol. The van der Waals surface area contributed by atoms with E-state index in [1.54, 1.807) is 7.11 Å². The molecule has 1 amide bonds. The second-order valence-corrected chi connectivity index (χ2v) is 6.15. The van der Waals surface area contributed by atoms with Crippen LogP contribution in [0.15, 0.2) is 78.9 Å². The van der Waals surface area contributed by atoms with Crippen molar-refractivity contribution in [2.45, 2.75) is 19.8 Å². The number of para-hydroxylation sites is 1. The molecule has 0 saturated heterocycles. The summed E-state index contributed by atoms with van der Waals surface area (Å²) in [5.74, 6) is 0.646. The Labute approximate surface area is 159 Å². The van der Waals surface area contributed by atoms with Crippen LogP contribution in [-0.2, 0) is 24.5 Å². The summed E-state index contributed by atoms with van der Waals surface area (Å²) in [7, 11) is 1.62. The lowest BCUT2D eigenvalue weighted by Gasteiger charge is -2.13. The van der Waals surface area contributed by atoms with Crippen LogP contribution in [0.4, 0.5) is 0 Å². The lowest BCUT2D eigenvalue weighted by Crippen LogP contribution is -2.24. The van der Waals surface area contributed by atoms with Crippen molar-refractivity contribution in [1.29, 1.82) is 0 Å². The van der Waals surface area contributed by atoms with E-state index in [1.165, 1.54) is 0 Å². The Morgan fingerprint density at radius 2 is 1.48 bits per heavy atom. The van der Waals surface area contributed by atoms with Gasteiger partial charge in [0.2, 0.25) is 0 Å². The van der Waals surface area contributed by atoms with Crippen LogP contribution >= 0.6 is 0 Å². The third-order valence-corrected chi connectivity index (χ3v) is 4.21. The summed E-state index contributed by atoms with van der Waals surface area (Å²) < 4.78 is 11.1. The van der Waals surface area contributed by atoms with Gasteiger partial charge < -0.3 is 14.8 Å². The second kappa shape index (κ2) is 9.55. The highest BCUT2D eigenvalue weighted by Crippen LogP contribution is 2.20. The van der Waals surface area contributed by atoms with Gasteiger partial charge in [0.1, 0.15) is 12.4 Å². The Morgan fingerprint density at radius 1 is 0.815 bits per heavy atom. The predicted molar refractivity (Wildman–Crippen MR) is 106 cm³/mol. The fourth-order valence-electron chi connectivity index (χ4n) is 2.82. The van der Waals surface area contributed by atoms with Gasteiger partial charge in [0.05, 0.1) is 6.61 Å². The molecule has 0 aliphatic carbocycles. The minimum Gasteiger partial charge on any atom is -0.489 e. The van der Waals surface area contributed by atoms with Gasteiger partial charge in [-0.1, -0.05) is 66.7 Å². The zero-order valence-corrected chi connectivity index (χ0v) is 15.4. The molecule has 0 bridgehead atoms. The molecule has 0 atom stereocenters. The topological polar surface area (TPSA) is 47.6 Å². The van der Waals surface area contributed by atoms with E-state index in [0.717, 1.165) is 22.4 Å². The van der Waals surface area contributed by atoms with Crippen molar-refractivity contribution < 1.29 is 14.3 Å². The summed E-state index contributed by atoms with van der Waals surface area (Å²) in [6.07, 6.45) is 0. The second-order valence-electron chi connectivity index (χ2n) is 6.15. The molecule has 138 valence electrons. The van der Waals surface area contributed by atoms with Crippen molar-refractivity contribution in [3.05, 3.63) is 101 Å². The molecule has 0 aliphatic heterocycles. The summed E-state index contributed by atoms with van der Waals surface area (Å²) >= 11 is 0. The number of carbonyl (C=O) groups excluding carboxylic acids is 1. The molecule has 3 aromatic rings. The van der Waals surface area contributed by atoms with E-state index < -0.39 is 0 Å². The molecule has 0 heterocycles. The van der Waals surface area contributed by atoms with E-state index in [2.05, 4.69) is 5.32 Å². The number of rotatable bonds is 8. The van der Waals surface area contributed by atoms with Gasteiger partial charge in [-0.15, -0.1) is 0 Å². The summed E-state index contributed by atoms with van der Waals surface area (Å²) in [4.78, 5) is 12.6. The van der Waals surface area contributed by atoms with Crippen molar-refractivity contribution in [2.24, 2.45) is 0 Å². The maximum atomic E-state index is 12.6. The van der Waals surface area contributed by atoms with Gasteiger partial charge in [0.25, 0.3) is 5.91 Å². The van der Waals surface area contributed by atoms with Gasteiger partial charge in [-0.3, -0.25) is 4.79 Å². The summed E-state index contributed by atoms with van der Waals surface area (Å²) in [6, 6.07) is 25.2. The molecule has 3 rings (SSSR count). The molecule has 0 aromatic heterocycles. The summed E-state index contributed by atoms with van der Waals surface area (Å²) in [6.45, 7) is 1.29. The number of methoxy groups -OCH3 is 1. The first-order valence-electron chi connectivity index (χ1n) is 8.87. The van der Waals surface area contributed by atoms with Crippen LogP contribution in [0.1, 0.15) is 27.0 Å². The lowest BCUT2D eigenvalue weighted by atomic mass is 10.1. The molecule has 4 heteroatoms. The van der Waals surface area contributed by atoms with Crippen LogP contribution < -0.4 is 10.1 Å². The Kier molecular flexibility index (Phi) is 6.61. The lowest BCUT2D eigenvalue weighted by molar-refractivity contribution is 0.0945. The smallest absolute Gasteiger partial charge is 0.251 e. The van der Waals surface area contributed by atoms with Crippen molar-refractivity contribution >= 4 is 5.91 Å². The predicted octanol–water partition coefficient (Wildman–Crippen LogP) is 4.34. The number of carbonyl (C=O) groups is 1. The molecule has 0 radical (unpaired) electrons. The first-order valence-corrected chi connectivity index (χ1v) is 8.87. The van der Waals surface area contributed by atoms with Crippen molar-refractivity contribution in [2.75, 3.05) is 7.11 Å². The first kappa shape index (κ1) is 18.7. The van der Waals surface area contributed by atoms with Crippen LogP contribution in [0.5, 0.6) is 5.75 Å². The highest BCUT2D eigenvalue weighted by atomic mass is 16.5. The number of nitrogens with one attached hydrogen (secondary N) is 1. The van der Waals surface area contributed by atoms with Crippen LogP contribution in [0.3, 0.4) is 0 Å². The van der Waals surface area contributed by atoms with Gasteiger partial charge in [-0.25, -0.2) is 0 Å². The third kappa shape index (κ3) is 5.19. The standard InChI is InChI=1S/C23H23NO3/c1-26-17-20-12-5-7-13-21(20)23(25)24-15-19-11-6-8-14-22(19)27-16-18-9-3-2-4-10-18/h2-14H,15-17H2,1H3,(H,24,25). The van der Waals surface area contributed by atoms with Crippen molar-refractivity contribution in [3.63, 3.8) is 0 Å². The molecular formula is C23H23NO3. The van der Waals surface area contributed by atoms with Gasteiger partial charge >= 0.3 is 0 Å². The van der Waals surface area contributed by atoms with Crippen molar-refractivity contribution in [3.8, 4) is 5.75 Å². The van der Waals surface area contributed by atoms with E-state index in [4.69, 9.17) is 9.47 Å². The normalized spacial score (nSPS) is 10.4. The summed E-state index contributed by atoms with van der Waals surface area (Å²) in [5.41, 5.74) is 3.53.